The van der Waals surface area contributed by atoms with Crippen molar-refractivity contribution >= 4 is 17.5 Å². The molecule has 2 saturated heterocycles. The molecule has 2 aromatic rings. The molecule has 2 heterocycles. The maximum atomic E-state index is 13.3. The minimum atomic E-state index is -0.662. The number of halogens is 1. The van der Waals surface area contributed by atoms with E-state index < -0.39 is 5.60 Å². The van der Waals surface area contributed by atoms with Crippen molar-refractivity contribution in [3.63, 3.8) is 0 Å². The third-order valence-corrected chi connectivity index (χ3v) is 7.01. The van der Waals surface area contributed by atoms with Crippen LogP contribution in [-0.4, -0.2) is 92.3 Å². The number of ether oxygens (including phenoxy) is 2. The maximum Gasteiger partial charge on any atom is 0.225 e. The number of carbonyl (C=O) groups is 1. The molecule has 0 radical (unpaired) electrons. The van der Waals surface area contributed by atoms with Crippen LogP contribution in [0.2, 0.25) is 5.02 Å². The molecule has 2 aromatic carbocycles. The van der Waals surface area contributed by atoms with Gasteiger partial charge in [-0.15, -0.1) is 0 Å². The predicted molar refractivity (Wildman–Crippen MR) is 136 cm³/mol. The molecule has 0 unspecified atom stereocenters. The van der Waals surface area contributed by atoms with Crippen LogP contribution in [0.1, 0.15) is 18.4 Å². The monoisotopic (exact) mass is 485 g/mol. The molecule has 0 bridgehead atoms. The highest BCUT2D eigenvalue weighted by Crippen LogP contribution is 2.26. The number of amides is 1. The van der Waals surface area contributed by atoms with Crippen LogP contribution >= 0.6 is 11.6 Å². The first-order valence-corrected chi connectivity index (χ1v) is 12.6. The fraction of sp³-hybridized carbons (Fsp3) is 0.519. The average Bonchev–Trinajstić information content (AvgIpc) is 2.85. The third-order valence-electron chi connectivity index (χ3n) is 6.76. The van der Waals surface area contributed by atoms with E-state index in [1.807, 2.05) is 29.2 Å². The number of aryl methyl sites for hydroxylation is 1. The van der Waals surface area contributed by atoms with Crippen LogP contribution in [0.4, 0.5) is 0 Å². The highest BCUT2D eigenvalue weighted by molar-refractivity contribution is 6.30. The summed E-state index contributed by atoms with van der Waals surface area (Å²) in [7, 11) is 2.10. The van der Waals surface area contributed by atoms with Crippen LogP contribution in [0.15, 0.2) is 54.6 Å². The van der Waals surface area contributed by atoms with Crippen molar-refractivity contribution in [1.82, 2.24) is 14.7 Å². The first kappa shape index (κ1) is 25.0. The van der Waals surface area contributed by atoms with Gasteiger partial charge in [0.05, 0.1) is 13.0 Å². The molecule has 184 valence electrons. The SMILES string of the molecule is CN1CCN(C(=O)C[C@@]2(COc3ccc(Cl)cc3)CN(CCCc3ccccc3)CCO2)CC1. The minimum absolute atomic E-state index is 0.152. The Balaban J connectivity index is 1.40. The summed E-state index contributed by atoms with van der Waals surface area (Å²) in [6.07, 6.45) is 2.46. The highest BCUT2D eigenvalue weighted by atomic mass is 35.5. The molecule has 4 rings (SSSR count). The van der Waals surface area contributed by atoms with Gasteiger partial charge >= 0.3 is 0 Å². The van der Waals surface area contributed by atoms with E-state index in [2.05, 4.69) is 47.2 Å². The normalized spacial score (nSPS) is 22.0. The standard InChI is InChI=1S/C27H36ClN3O3/c1-29-14-16-31(17-15-29)26(32)20-27(22-33-25-11-9-24(28)10-12-25)21-30(18-19-34-27)13-5-8-23-6-3-2-4-7-23/h2-4,6-7,9-12H,5,8,13-22H2,1H3/t27-/m0/s1. The summed E-state index contributed by atoms with van der Waals surface area (Å²) < 4.78 is 12.5. The number of hydrogen-bond donors (Lipinski definition) is 0. The number of morpholine rings is 1. The Bertz CT molecular complexity index is 903. The summed E-state index contributed by atoms with van der Waals surface area (Å²) in [5.74, 6) is 0.888. The van der Waals surface area contributed by atoms with E-state index in [-0.39, 0.29) is 5.91 Å². The number of likely N-dealkylation sites (N-methyl/N-ethyl adjacent to an activating group) is 1. The minimum Gasteiger partial charge on any atom is -0.491 e. The number of nitrogens with zero attached hydrogens (tertiary/aromatic N) is 3. The second-order valence-corrected chi connectivity index (χ2v) is 9.94. The lowest BCUT2D eigenvalue weighted by atomic mass is 9.96. The predicted octanol–water partition coefficient (Wildman–Crippen LogP) is 3.59. The van der Waals surface area contributed by atoms with E-state index in [0.717, 1.165) is 57.9 Å². The van der Waals surface area contributed by atoms with Crippen LogP contribution in [0.3, 0.4) is 0 Å². The fourth-order valence-electron chi connectivity index (χ4n) is 4.70. The molecular weight excluding hydrogens is 450 g/mol. The molecular formula is C27H36ClN3O3. The van der Waals surface area contributed by atoms with Crippen LogP contribution in [0, 0.1) is 0 Å². The Hall–Kier alpha value is -2.12. The van der Waals surface area contributed by atoms with Gasteiger partial charge in [0.2, 0.25) is 5.91 Å². The van der Waals surface area contributed by atoms with E-state index in [0.29, 0.717) is 31.2 Å². The van der Waals surface area contributed by atoms with Gasteiger partial charge in [-0.05, 0) is 56.3 Å². The lowest BCUT2D eigenvalue weighted by molar-refractivity contribution is -0.157. The molecule has 0 N–H and O–H groups in total. The van der Waals surface area contributed by atoms with E-state index in [1.54, 1.807) is 0 Å². The molecule has 1 amide bonds. The van der Waals surface area contributed by atoms with Crippen molar-refractivity contribution in [3.8, 4) is 5.75 Å². The Morgan fingerprint density at radius 2 is 1.76 bits per heavy atom. The van der Waals surface area contributed by atoms with Crippen molar-refractivity contribution in [1.29, 1.82) is 0 Å². The van der Waals surface area contributed by atoms with Gasteiger partial charge < -0.3 is 19.3 Å². The number of rotatable bonds is 9. The maximum absolute atomic E-state index is 13.3. The van der Waals surface area contributed by atoms with Gasteiger partial charge in [-0.25, -0.2) is 0 Å². The summed E-state index contributed by atoms with van der Waals surface area (Å²) in [6, 6.07) is 17.9. The molecule has 0 spiro atoms. The van der Waals surface area contributed by atoms with Crippen molar-refractivity contribution in [2.24, 2.45) is 0 Å². The van der Waals surface area contributed by atoms with Gasteiger partial charge in [-0.2, -0.15) is 0 Å². The second kappa shape index (κ2) is 12.0. The molecule has 1 atom stereocenters. The van der Waals surface area contributed by atoms with Gasteiger partial charge in [0.25, 0.3) is 0 Å². The average molecular weight is 486 g/mol. The van der Waals surface area contributed by atoms with E-state index in [9.17, 15) is 4.79 Å². The Morgan fingerprint density at radius 1 is 1.03 bits per heavy atom. The molecule has 0 aromatic heterocycles. The third kappa shape index (κ3) is 7.19. The second-order valence-electron chi connectivity index (χ2n) is 9.50. The number of carbonyl (C=O) groups excluding carboxylic acids is 1. The summed E-state index contributed by atoms with van der Waals surface area (Å²) in [5.41, 5.74) is 0.698. The lowest BCUT2D eigenvalue weighted by Gasteiger charge is -2.43. The first-order valence-electron chi connectivity index (χ1n) is 12.3. The number of piperazine rings is 1. The summed E-state index contributed by atoms with van der Waals surface area (Å²) in [6.45, 7) is 6.83. The van der Waals surface area contributed by atoms with Crippen molar-refractivity contribution in [2.75, 3.05) is 66.1 Å². The molecule has 2 aliphatic rings. The van der Waals surface area contributed by atoms with Gasteiger partial charge in [-0.1, -0.05) is 41.9 Å². The largest absolute Gasteiger partial charge is 0.491 e. The Morgan fingerprint density at radius 3 is 2.50 bits per heavy atom. The lowest BCUT2D eigenvalue weighted by Crippen LogP contribution is -2.58. The number of benzene rings is 2. The summed E-state index contributed by atoms with van der Waals surface area (Å²) in [4.78, 5) is 19.9. The first-order chi connectivity index (χ1) is 16.5. The number of hydrogen-bond acceptors (Lipinski definition) is 5. The molecule has 6 nitrogen and oxygen atoms in total. The van der Waals surface area contributed by atoms with Crippen LogP contribution < -0.4 is 4.74 Å². The van der Waals surface area contributed by atoms with Gasteiger partial charge in [0.1, 0.15) is 18.0 Å². The van der Waals surface area contributed by atoms with E-state index in [4.69, 9.17) is 21.1 Å². The van der Waals surface area contributed by atoms with Crippen LogP contribution in [0.5, 0.6) is 5.75 Å². The topological polar surface area (TPSA) is 45.2 Å². The van der Waals surface area contributed by atoms with E-state index >= 15 is 0 Å². The van der Waals surface area contributed by atoms with Crippen molar-refractivity contribution < 1.29 is 14.3 Å². The van der Waals surface area contributed by atoms with Crippen molar-refractivity contribution in [2.45, 2.75) is 24.9 Å². The molecule has 7 heteroatoms. The van der Waals surface area contributed by atoms with Crippen LogP contribution in [-0.2, 0) is 16.0 Å². The summed E-state index contributed by atoms with van der Waals surface area (Å²) >= 11 is 6.02. The van der Waals surface area contributed by atoms with Crippen molar-refractivity contribution in [3.05, 3.63) is 65.2 Å². The quantitative estimate of drug-likeness (QED) is 0.543. The summed E-state index contributed by atoms with van der Waals surface area (Å²) in [5, 5.41) is 0.672. The fourth-order valence-corrected chi connectivity index (χ4v) is 4.83. The Labute approximate surface area is 208 Å². The molecule has 0 saturated carbocycles. The van der Waals surface area contributed by atoms with Gasteiger partial charge in [-0.3, -0.25) is 9.69 Å². The zero-order valence-corrected chi connectivity index (χ0v) is 20.9. The molecule has 34 heavy (non-hydrogen) atoms. The molecule has 0 aliphatic carbocycles. The molecule has 2 fully saturated rings. The van der Waals surface area contributed by atoms with E-state index in [1.165, 1.54) is 5.56 Å². The zero-order chi connectivity index (χ0) is 23.8. The molecule has 2 aliphatic heterocycles. The van der Waals surface area contributed by atoms with Gasteiger partial charge in [0, 0.05) is 44.3 Å². The van der Waals surface area contributed by atoms with Crippen LogP contribution in [0.25, 0.3) is 0 Å². The Kier molecular flexibility index (Phi) is 8.84. The van der Waals surface area contributed by atoms with Gasteiger partial charge in [0.15, 0.2) is 0 Å². The zero-order valence-electron chi connectivity index (χ0n) is 20.1. The smallest absolute Gasteiger partial charge is 0.225 e. The highest BCUT2D eigenvalue weighted by Gasteiger charge is 2.41.